The van der Waals surface area contributed by atoms with Crippen molar-refractivity contribution in [2.45, 2.75) is 45.4 Å². The van der Waals surface area contributed by atoms with E-state index in [0.29, 0.717) is 11.4 Å². The number of nitrogens with one attached hydrogen (secondary N) is 2. The molecule has 0 saturated heterocycles. The van der Waals surface area contributed by atoms with Crippen LogP contribution in [-0.4, -0.2) is 17.5 Å². The lowest BCUT2D eigenvalue weighted by Crippen LogP contribution is -2.21. The minimum absolute atomic E-state index is 0.0797. The SMILES string of the molecule is C/C(=N/NC(=O)C1CC1c1ccc(C(C)(C)C)cc1)c1cccc(NC(=O)c2cccc(F)c2)c1. The molecule has 3 aromatic rings. The van der Waals surface area contributed by atoms with Crippen molar-refractivity contribution in [1.29, 1.82) is 0 Å². The van der Waals surface area contributed by atoms with E-state index in [1.54, 1.807) is 31.2 Å². The Labute approximate surface area is 205 Å². The summed E-state index contributed by atoms with van der Waals surface area (Å²) in [4.78, 5) is 25.0. The van der Waals surface area contributed by atoms with Gasteiger partial charge in [-0.2, -0.15) is 5.10 Å². The lowest BCUT2D eigenvalue weighted by molar-refractivity contribution is -0.122. The van der Waals surface area contributed by atoms with E-state index < -0.39 is 11.7 Å². The van der Waals surface area contributed by atoms with Crippen LogP contribution in [0.3, 0.4) is 0 Å². The van der Waals surface area contributed by atoms with E-state index in [-0.39, 0.29) is 28.7 Å². The predicted molar refractivity (Wildman–Crippen MR) is 137 cm³/mol. The van der Waals surface area contributed by atoms with Gasteiger partial charge in [-0.15, -0.1) is 0 Å². The molecule has 0 aromatic heterocycles. The zero-order valence-corrected chi connectivity index (χ0v) is 20.4. The number of rotatable bonds is 6. The van der Waals surface area contributed by atoms with Crippen molar-refractivity contribution in [3.05, 3.63) is 101 Å². The Kier molecular flexibility index (Phi) is 6.83. The Bertz CT molecular complexity index is 1280. The molecule has 2 amide bonds. The van der Waals surface area contributed by atoms with Crippen molar-refractivity contribution in [2.24, 2.45) is 11.0 Å². The van der Waals surface area contributed by atoms with E-state index in [2.05, 4.69) is 60.9 Å². The van der Waals surface area contributed by atoms with Crippen LogP contribution in [0.2, 0.25) is 0 Å². The molecule has 6 heteroatoms. The van der Waals surface area contributed by atoms with Gasteiger partial charge in [-0.3, -0.25) is 9.59 Å². The molecule has 1 fully saturated rings. The van der Waals surface area contributed by atoms with E-state index in [1.807, 2.05) is 6.07 Å². The highest BCUT2D eigenvalue weighted by atomic mass is 19.1. The van der Waals surface area contributed by atoms with Gasteiger partial charge in [0.05, 0.1) is 5.71 Å². The van der Waals surface area contributed by atoms with Gasteiger partial charge in [0.2, 0.25) is 5.91 Å². The Morgan fingerprint density at radius 1 is 0.943 bits per heavy atom. The number of halogens is 1. The Morgan fingerprint density at radius 2 is 1.63 bits per heavy atom. The summed E-state index contributed by atoms with van der Waals surface area (Å²) in [7, 11) is 0. The summed E-state index contributed by atoms with van der Waals surface area (Å²) in [6, 6.07) is 21.2. The van der Waals surface area contributed by atoms with Crippen molar-refractivity contribution in [2.75, 3.05) is 5.32 Å². The maximum atomic E-state index is 13.4. The van der Waals surface area contributed by atoms with Crippen molar-refractivity contribution in [1.82, 2.24) is 5.43 Å². The van der Waals surface area contributed by atoms with Gasteiger partial charge < -0.3 is 5.32 Å². The van der Waals surface area contributed by atoms with Crippen LogP contribution >= 0.6 is 0 Å². The molecule has 2 atom stereocenters. The number of amides is 2. The maximum Gasteiger partial charge on any atom is 0.255 e. The van der Waals surface area contributed by atoms with Crippen molar-refractivity contribution in [3.63, 3.8) is 0 Å². The summed E-state index contributed by atoms with van der Waals surface area (Å²) >= 11 is 0. The van der Waals surface area contributed by atoms with Crippen LogP contribution in [0, 0.1) is 11.7 Å². The van der Waals surface area contributed by atoms with Crippen LogP contribution < -0.4 is 10.7 Å². The van der Waals surface area contributed by atoms with Crippen molar-refractivity contribution >= 4 is 23.2 Å². The minimum Gasteiger partial charge on any atom is -0.322 e. The summed E-state index contributed by atoms with van der Waals surface area (Å²) in [5.74, 6) is -0.820. The van der Waals surface area contributed by atoms with Gasteiger partial charge in [-0.25, -0.2) is 9.82 Å². The van der Waals surface area contributed by atoms with Gasteiger partial charge in [0.25, 0.3) is 5.91 Å². The highest BCUT2D eigenvalue weighted by Gasteiger charge is 2.44. The second kappa shape index (κ2) is 9.82. The Morgan fingerprint density at radius 3 is 2.31 bits per heavy atom. The topological polar surface area (TPSA) is 70.6 Å². The zero-order chi connectivity index (χ0) is 25.2. The minimum atomic E-state index is -0.468. The lowest BCUT2D eigenvalue weighted by Gasteiger charge is -2.19. The van der Waals surface area contributed by atoms with Crippen LogP contribution in [-0.2, 0) is 10.2 Å². The quantitative estimate of drug-likeness (QED) is 0.341. The first-order valence-corrected chi connectivity index (χ1v) is 11.7. The average Bonchev–Trinajstić information content (AvgIpc) is 3.63. The van der Waals surface area contributed by atoms with E-state index >= 15 is 0 Å². The fraction of sp³-hybridized carbons (Fsp3) is 0.276. The third kappa shape index (κ3) is 6.01. The Balaban J connectivity index is 1.35. The van der Waals surface area contributed by atoms with Gasteiger partial charge in [-0.05, 0) is 71.7 Å². The molecule has 4 rings (SSSR count). The summed E-state index contributed by atoms with van der Waals surface area (Å²) in [5.41, 5.74) is 7.41. The molecule has 1 saturated carbocycles. The summed E-state index contributed by atoms with van der Waals surface area (Å²) in [6.45, 7) is 8.35. The van der Waals surface area contributed by atoms with Gasteiger partial charge in [-0.1, -0.05) is 63.2 Å². The van der Waals surface area contributed by atoms with Gasteiger partial charge >= 0.3 is 0 Å². The summed E-state index contributed by atoms with van der Waals surface area (Å²) in [6.07, 6.45) is 0.816. The molecular formula is C29H30FN3O2. The molecule has 5 nitrogen and oxygen atoms in total. The fourth-order valence-electron chi connectivity index (χ4n) is 4.02. The third-order valence-corrected chi connectivity index (χ3v) is 6.29. The summed E-state index contributed by atoms with van der Waals surface area (Å²) in [5, 5.41) is 7.04. The maximum absolute atomic E-state index is 13.4. The lowest BCUT2D eigenvalue weighted by atomic mass is 9.86. The molecule has 2 unspecified atom stereocenters. The molecule has 0 bridgehead atoms. The molecule has 0 aliphatic heterocycles. The number of hydrazone groups is 1. The van der Waals surface area contributed by atoms with Crippen LogP contribution in [0.5, 0.6) is 0 Å². The molecule has 0 spiro atoms. The normalized spacial score (nSPS) is 17.6. The van der Waals surface area contributed by atoms with Crippen LogP contribution in [0.25, 0.3) is 0 Å². The van der Waals surface area contributed by atoms with Crippen LogP contribution in [0.15, 0.2) is 77.9 Å². The van der Waals surface area contributed by atoms with Crippen LogP contribution in [0.4, 0.5) is 10.1 Å². The number of anilines is 1. The standard InChI is InChI=1S/C29H30FN3O2/c1-18(20-7-6-10-24(16-20)31-27(34)21-8-5-9-23(30)15-21)32-33-28(35)26-17-25(26)19-11-13-22(14-12-19)29(2,3)4/h5-16,25-26H,17H2,1-4H3,(H,31,34)(H,33,35)/b32-18-. The number of hydrogen-bond acceptors (Lipinski definition) is 3. The largest absolute Gasteiger partial charge is 0.322 e. The van der Waals surface area contributed by atoms with Gasteiger partial charge in [0.1, 0.15) is 5.82 Å². The number of carbonyl (C=O) groups is 2. The predicted octanol–water partition coefficient (Wildman–Crippen LogP) is 6.02. The molecule has 180 valence electrons. The molecule has 1 aliphatic carbocycles. The first kappa shape index (κ1) is 24.3. The zero-order valence-electron chi connectivity index (χ0n) is 20.4. The number of hydrogen-bond donors (Lipinski definition) is 2. The number of nitrogens with zero attached hydrogens (tertiary/aromatic N) is 1. The average molecular weight is 472 g/mol. The molecule has 0 radical (unpaired) electrons. The number of benzene rings is 3. The first-order chi connectivity index (χ1) is 16.6. The van der Waals surface area contributed by atoms with E-state index in [9.17, 15) is 14.0 Å². The van der Waals surface area contributed by atoms with Gasteiger partial charge in [0, 0.05) is 17.2 Å². The van der Waals surface area contributed by atoms with Crippen LogP contribution in [0.1, 0.15) is 67.1 Å². The molecule has 3 aromatic carbocycles. The molecule has 35 heavy (non-hydrogen) atoms. The smallest absolute Gasteiger partial charge is 0.255 e. The van der Waals surface area contributed by atoms with Crippen molar-refractivity contribution < 1.29 is 14.0 Å². The highest BCUT2D eigenvalue weighted by Crippen LogP contribution is 2.47. The third-order valence-electron chi connectivity index (χ3n) is 6.29. The second-order valence-corrected chi connectivity index (χ2v) is 10.0. The molecule has 0 heterocycles. The highest BCUT2D eigenvalue weighted by molar-refractivity contribution is 6.05. The second-order valence-electron chi connectivity index (χ2n) is 10.0. The number of carbonyl (C=O) groups excluding carboxylic acids is 2. The van der Waals surface area contributed by atoms with E-state index in [4.69, 9.17) is 0 Å². The fourth-order valence-corrected chi connectivity index (χ4v) is 4.02. The first-order valence-electron chi connectivity index (χ1n) is 11.7. The van der Waals surface area contributed by atoms with Crippen molar-refractivity contribution in [3.8, 4) is 0 Å². The summed E-state index contributed by atoms with van der Waals surface area (Å²) < 4.78 is 13.4. The molecule has 2 N–H and O–H groups in total. The molecule has 1 aliphatic rings. The monoisotopic (exact) mass is 471 g/mol. The molecular weight excluding hydrogens is 441 g/mol. The van der Waals surface area contributed by atoms with E-state index in [1.165, 1.54) is 29.3 Å². The van der Waals surface area contributed by atoms with Gasteiger partial charge in [0.15, 0.2) is 0 Å². The van der Waals surface area contributed by atoms with E-state index in [0.717, 1.165) is 12.0 Å². The Hall–Kier alpha value is -3.80.